The summed E-state index contributed by atoms with van der Waals surface area (Å²) in [7, 11) is 0. The van der Waals surface area contributed by atoms with Gasteiger partial charge in [-0.3, -0.25) is 4.79 Å². The van der Waals surface area contributed by atoms with Crippen LogP contribution in [-0.4, -0.2) is 29.4 Å². The molecule has 3 atom stereocenters. The lowest BCUT2D eigenvalue weighted by Gasteiger charge is -2.47. The van der Waals surface area contributed by atoms with Crippen molar-refractivity contribution in [1.29, 1.82) is 0 Å². The van der Waals surface area contributed by atoms with Gasteiger partial charge in [0.2, 0.25) is 0 Å². The minimum atomic E-state index is -0.843. The van der Waals surface area contributed by atoms with Gasteiger partial charge in [0.05, 0.1) is 31.3 Å². The van der Waals surface area contributed by atoms with Crippen molar-refractivity contribution >= 4 is 5.97 Å². The molecule has 0 aromatic heterocycles. The zero-order valence-corrected chi connectivity index (χ0v) is 13.9. The van der Waals surface area contributed by atoms with Gasteiger partial charge in [-0.15, -0.1) is 6.58 Å². The second-order valence-electron chi connectivity index (χ2n) is 6.71. The van der Waals surface area contributed by atoms with Gasteiger partial charge in [0, 0.05) is 11.8 Å². The Morgan fingerprint density at radius 3 is 2.74 bits per heavy atom. The average Bonchev–Trinajstić information content (AvgIpc) is 2.50. The van der Waals surface area contributed by atoms with Crippen molar-refractivity contribution in [2.75, 3.05) is 0 Å². The Bertz CT molecular complexity index is 523. The summed E-state index contributed by atoms with van der Waals surface area (Å²) >= 11 is 0. The molecule has 126 valence electrons. The van der Waals surface area contributed by atoms with E-state index in [1.54, 1.807) is 0 Å². The highest BCUT2D eigenvalue weighted by Crippen LogP contribution is 2.41. The molecule has 1 saturated heterocycles. The quantitative estimate of drug-likeness (QED) is 0.777. The molecular weight excluding hydrogens is 292 g/mol. The van der Waals surface area contributed by atoms with Crippen molar-refractivity contribution in [1.82, 2.24) is 0 Å². The second kappa shape index (κ2) is 7.75. The molecule has 0 unspecified atom stereocenters. The summed E-state index contributed by atoms with van der Waals surface area (Å²) in [5.74, 6) is -0.843. The Morgan fingerprint density at radius 1 is 1.43 bits per heavy atom. The van der Waals surface area contributed by atoms with E-state index in [2.05, 4.69) is 6.58 Å². The van der Waals surface area contributed by atoms with Crippen molar-refractivity contribution in [3.8, 4) is 0 Å². The predicted octanol–water partition coefficient (Wildman–Crippen LogP) is 3.81. The largest absolute Gasteiger partial charge is 0.481 e. The van der Waals surface area contributed by atoms with E-state index in [9.17, 15) is 4.79 Å². The molecule has 1 aliphatic rings. The summed E-state index contributed by atoms with van der Waals surface area (Å²) in [6.45, 7) is 8.34. The summed E-state index contributed by atoms with van der Waals surface area (Å²) in [5.41, 5.74) is 0.759. The van der Waals surface area contributed by atoms with Gasteiger partial charge in [-0.2, -0.15) is 0 Å². The van der Waals surface area contributed by atoms with Gasteiger partial charge in [-0.1, -0.05) is 50.3 Å². The smallest absolute Gasteiger partial charge is 0.306 e. The van der Waals surface area contributed by atoms with Crippen LogP contribution in [0.5, 0.6) is 0 Å². The summed E-state index contributed by atoms with van der Waals surface area (Å²) in [5, 5.41) is 9.17. The normalized spacial score (nSPS) is 26.6. The third-order valence-corrected chi connectivity index (χ3v) is 4.58. The molecule has 0 amide bonds. The van der Waals surface area contributed by atoms with Crippen LogP contribution in [0.4, 0.5) is 0 Å². The molecule has 0 spiro atoms. The molecule has 2 rings (SSSR count). The SMILES string of the molecule is C=CC[C@@H]1C[C@@H](OCc2ccccc2)C(C)(C)[C@@H](CC(=O)O)O1. The van der Waals surface area contributed by atoms with Gasteiger partial charge >= 0.3 is 5.97 Å². The molecule has 4 heteroatoms. The number of aliphatic carboxylic acids is 1. The molecule has 1 heterocycles. The van der Waals surface area contributed by atoms with E-state index in [4.69, 9.17) is 14.6 Å². The number of rotatable bonds is 7. The lowest BCUT2D eigenvalue weighted by atomic mass is 9.74. The number of hydrogen-bond acceptors (Lipinski definition) is 3. The average molecular weight is 318 g/mol. The third kappa shape index (κ3) is 4.66. The minimum Gasteiger partial charge on any atom is -0.481 e. The van der Waals surface area contributed by atoms with E-state index in [-0.39, 0.29) is 30.1 Å². The first kappa shape index (κ1) is 17.7. The van der Waals surface area contributed by atoms with E-state index in [0.717, 1.165) is 12.0 Å². The number of benzene rings is 1. The molecule has 1 aliphatic heterocycles. The fourth-order valence-corrected chi connectivity index (χ4v) is 3.07. The molecule has 1 aromatic carbocycles. The van der Waals surface area contributed by atoms with E-state index in [1.807, 2.05) is 50.3 Å². The summed E-state index contributed by atoms with van der Waals surface area (Å²) < 4.78 is 12.2. The van der Waals surface area contributed by atoms with Gasteiger partial charge in [-0.25, -0.2) is 0 Å². The van der Waals surface area contributed by atoms with Crippen molar-refractivity contribution in [3.05, 3.63) is 48.6 Å². The molecule has 0 aliphatic carbocycles. The standard InChI is InChI=1S/C19H26O4/c1-4-8-15-11-16(22-13-14-9-6-5-7-10-14)19(2,3)17(23-15)12-18(20)21/h4-7,9-10,15-17H,1,8,11-13H2,2-3H3,(H,20,21)/t15-,16-,17-/m1/s1. The van der Waals surface area contributed by atoms with Gasteiger partial charge in [0.25, 0.3) is 0 Å². The van der Waals surface area contributed by atoms with E-state index in [0.29, 0.717) is 13.0 Å². The zero-order valence-electron chi connectivity index (χ0n) is 13.9. The molecule has 0 saturated carbocycles. The Hall–Kier alpha value is -1.65. The summed E-state index contributed by atoms with van der Waals surface area (Å²) in [6.07, 6.45) is 2.82. The fraction of sp³-hybridized carbons (Fsp3) is 0.526. The van der Waals surface area contributed by atoms with Crippen molar-refractivity contribution in [3.63, 3.8) is 0 Å². The van der Waals surface area contributed by atoms with Crippen molar-refractivity contribution < 1.29 is 19.4 Å². The van der Waals surface area contributed by atoms with Gasteiger partial charge < -0.3 is 14.6 Å². The van der Waals surface area contributed by atoms with Gasteiger partial charge in [0.1, 0.15) is 0 Å². The molecule has 1 fully saturated rings. The number of carboxylic acid groups (broad SMARTS) is 1. The first-order valence-corrected chi connectivity index (χ1v) is 8.07. The molecule has 23 heavy (non-hydrogen) atoms. The van der Waals surface area contributed by atoms with Crippen molar-refractivity contribution in [2.45, 2.75) is 58.0 Å². The molecular formula is C19H26O4. The molecule has 1 aromatic rings. The van der Waals surface area contributed by atoms with Gasteiger partial charge in [0.15, 0.2) is 0 Å². The Morgan fingerprint density at radius 2 is 2.13 bits per heavy atom. The first-order chi connectivity index (χ1) is 10.9. The maximum absolute atomic E-state index is 11.2. The molecule has 4 nitrogen and oxygen atoms in total. The molecule has 0 radical (unpaired) electrons. The van der Waals surface area contributed by atoms with Crippen LogP contribution in [0.15, 0.2) is 43.0 Å². The van der Waals surface area contributed by atoms with Crippen LogP contribution in [0.25, 0.3) is 0 Å². The lowest BCUT2D eigenvalue weighted by Crippen LogP contribution is -2.52. The van der Waals surface area contributed by atoms with E-state index in [1.165, 1.54) is 0 Å². The number of carboxylic acids is 1. The zero-order chi connectivity index (χ0) is 16.9. The minimum absolute atomic E-state index is 0.00810. The van der Waals surface area contributed by atoms with Crippen LogP contribution < -0.4 is 0 Å². The molecule has 0 bridgehead atoms. The highest BCUT2D eigenvalue weighted by molar-refractivity contribution is 5.67. The Balaban J connectivity index is 2.09. The topological polar surface area (TPSA) is 55.8 Å². The van der Waals surface area contributed by atoms with E-state index >= 15 is 0 Å². The van der Waals surface area contributed by atoms with Crippen LogP contribution in [-0.2, 0) is 20.9 Å². The highest BCUT2D eigenvalue weighted by Gasteiger charge is 2.46. The predicted molar refractivity (Wildman–Crippen MR) is 89.1 cm³/mol. The number of hydrogen-bond donors (Lipinski definition) is 1. The first-order valence-electron chi connectivity index (χ1n) is 8.07. The van der Waals surface area contributed by atoms with Crippen LogP contribution in [0.1, 0.15) is 38.7 Å². The third-order valence-electron chi connectivity index (χ3n) is 4.58. The van der Waals surface area contributed by atoms with Crippen LogP contribution in [0, 0.1) is 5.41 Å². The summed E-state index contributed by atoms with van der Waals surface area (Å²) in [4.78, 5) is 11.2. The maximum Gasteiger partial charge on any atom is 0.306 e. The monoisotopic (exact) mass is 318 g/mol. The highest BCUT2D eigenvalue weighted by atomic mass is 16.5. The van der Waals surface area contributed by atoms with Crippen LogP contribution >= 0.6 is 0 Å². The number of carbonyl (C=O) groups is 1. The molecule has 1 N–H and O–H groups in total. The Kier molecular flexibility index (Phi) is 5.97. The Labute approximate surface area is 138 Å². The van der Waals surface area contributed by atoms with Gasteiger partial charge in [-0.05, 0) is 12.0 Å². The fourth-order valence-electron chi connectivity index (χ4n) is 3.07. The summed E-state index contributed by atoms with van der Waals surface area (Å²) in [6, 6.07) is 10.0. The number of ether oxygens (including phenoxy) is 2. The van der Waals surface area contributed by atoms with Crippen molar-refractivity contribution in [2.24, 2.45) is 5.41 Å². The second-order valence-corrected chi connectivity index (χ2v) is 6.71. The van der Waals surface area contributed by atoms with Crippen LogP contribution in [0.2, 0.25) is 0 Å². The van der Waals surface area contributed by atoms with E-state index < -0.39 is 5.97 Å². The lowest BCUT2D eigenvalue weighted by molar-refractivity contribution is -0.197. The maximum atomic E-state index is 11.2. The van der Waals surface area contributed by atoms with Crippen LogP contribution in [0.3, 0.4) is 0 Å².